The Morgan fingerprint density at radius 3 is 2.95 bits per heavy atom. The van der Waals surface area contributed by atoms with Crippen LogP contribution >= 0.6 is 0 Å². The average molecular weight is 277 g/mol. The van der Waals surface area contributed by atoms with Crippen molar-refractivity contribution in [2.75, 3.05) is 19.7 Å². The highest BCUT2D eigenvalue weighted by Gasteiger charge is 2.40. The third-order valence-electron chi connectivity index (χ3n) is 5.69. The molecule has 4 atom stereocenters. The molecule has 20 heavy (non-hydrogen) atoms. The van der Waals surface area contributed by atoms with E-state index in [9.17, 15) is 5.26 Å². The predicted molar refractivity (Wildman–Crippen MR) is 78.1 cm³/mol. The summed E-state index contributed by atoms with van der Waals surface area (Å²) in [7, 11) is 0. The molecule has 0 bridgehead atoms. The third kappa shape index (κ3) is 2.72. The van der Waals surface area contributed by atoms with E-state index in [1.54, 1.807) is 0 Å². The number of nitrogens with two attached hydrogens (primary N) is 1. The summed E-state index contributed by atoms with van der Waals surface area (Å²) in [6, 6.07) is 2.99. The smallest absolute Gasteiger partial charge is 0.107 e. The van der Waals surface area contributed by atoms with Crippen LogP contribution in [0.5, 0.6) is 0 Å². The van der Waals surface area contributed by atoms with Crippen molar-refractivity contribution in [2.45, 2.75) is 69.1 Å². The van der Waals surface area contributed by atoms with Crippen molar-refractivity contribution in [1.29, 1.82) is 5.26 Å². The Hall–Kier alpha value is -0.630. The monoisotopic (exact) mass is 277 g/mol. The fourth-order valence-corrected chi connectivity index (χ4v) is 4.43. The van der Waals surface area contributed by atoms with Crippen molar-refractivity contribution in [3.63, 3.8) is 0 Å². The number of nitrogens with zero attached hydrogens (tertiary/aromatic N) is 2. The number of ether oxygens (including phenoxy) is 1. The highest BCUT2D eigenvalue weighted by atomic mass is 16.5. The van der Waals surface area contributed by atoms with Crippen LogP contribution in [0.15, 0.2) is 0 Å². The topological polar surface area (TPSA) is 62.3 Å². The molecule has 0 amide bonds. The van der Waals surface area contributed by atoms with Gasteiger partial charge in [0.25, 0.3) is 0 Å². The largest absolute Gasteiger partial charge is 0.375 e. The van der Waals surface area contributed by atoms with Gasteiger partial charge in [-0.2, -0.15) is 5.26 Å². The number of rotatable bonds is 3. The van der Waals surface area contributed by atoms with Gasteiger partial charge in [0, 0.05) is 12.6 Å². The number of hydrogen-bond acceptors (Lipinski definition) is 4. The van der Waals surface area contributed by atoms with Crippen molar-refractivity contribution in [2.24, 2.45) is 11.7 Å². The van der Waals surface area contributed by atoms with Crippen molar-refractivity contribution < 1.29 is 4.74 Å². The molecule has 2 aliphatic carbocycles. The SMILES string of the molecule is N#CC1(N)CCCC1CCN1CCOC2CCCCC21. The summed E-state index contributed by atoms with van der Waals surface area (Å²) >= 11 is 0. The zero-order valence-corrected chi connectivity index (χ0v) is 12.4. The minimum Gasteiger partial charge on any atom is -0.375 e. The summed E-state index contributed by atoms with van der Waals surface area (Å²) in [6.07, 6.45) is 9.81. The van der Waals surface area contributed by atoms with Crippen LogP contribution in [0.2, 0.25) is 0 Å². The molecule has 0 aromatic heterocycles. The minimum absolute atomic E-state index is 0.386. The Balaban J connectivity index is 1.56. The molecule has 0 spiro atoms. The van der Waals surface area contributed by atoms with Crippen molar-refractivity contribution in [3.8, 4) is 6.07 Å². The van der Waals surface area contributed by atoms with Crippen LogP contribution in [0.25, 0.3) is 0 Å². The minimum atomic E-state index is -0.557. The van der Waals surface area contributed by atoms with Crippen LogP contribution in [0.3, 0.4) is 0 Å². The fourth-order valence-electron chi connectivity index (χ4n) is 4.43. The van der Waals surface area contributed by atoms with E-state index < -0.39 is 5.54 Å². The summed E-state index contributed by atoms with van der Waals surface area (Å²) in [5, 5.41) is 9.31. The van der Waals surface area contributed by atoms with Gasteiger partial charge in [0.15, 0.2) is 0 Å². The summed E-state index contributed by atoms with van der Waals surface area (Å²) in [6.45, 7) is 3.02. The molecule has 3 rings (SSSR count). The van der Waals surface area contributed by atoms with E-state index in [1.807, 2.05) is 0 Å². The van der Waals surface area contributed by atoms with E-state index in [0.717, 1.165) is 45.4 Å². The Morgan fingerprint density at radius 2 is 2.10 bits per heavy atom. The van der Waals surface area contributed by atoms with E-state index >= 15 is 0 Å². The predicted octanol–water partition coefficient (Wildman–Crippen LogP) is 2.04. The first kappa shape index (κ1) is 14.3. The maximum Gasteiger partial charge on any atom is 0.107 e. The normalized spacial score (nSPS) is 42.1. The second kappa shape index (κ2) is 6.01. The molecule has 0 radical (unpaired) electrons. The van der Waals surface area contributed by atoms with Gasteiger partial charge in [-0.1, -0.05) is 19.3 Å². The molecular formula is C16H27N3O. The molecule has 1 saturated heterocycles. The molecule has 4 unspecified atom stereocenters. The molecule has 0 aromatic carbocycles. The average Bonchev–Trinajstić information content (AvgIpc) is 2.87. The Morgan fingerprint density at radius 1 is 1.25 bits per heavy atom. The highest BCUT2D eigenvalue weighted by Crippen LogP contribution is 2.36. The lowest BCUT2D eigenvalue weighted by Crippen LogP contribution is -2.53. The van der Waals surface area contributed by atoms with Gasteiger partial charge in [-0.3, -0.25) is 4.90 Å². The molecule has 3 aliphatic rings. The molecule has 2 saturated carbocycles. The molecule has 3 fully saturated rings. The van der Waals surface area contributed by atoms with E-state index in [2.05, 4.69) is 11.0 Å². The molecule has 4 heteroatoms. The second-order valence-corrected chi connectivity index (χ2v) is 6.83. The van der Waals surface area contributed by atoms with Crippen molar-refractivity contribution >= 4 is 0 Å². The van der Waals surface area contributed by atoms with Crippen LogP contribution in [0.1, 0.15) is 51.4 Å². The lowest BCUT2D eigenvalue weighted by molar-refractivity contribution is -0.0893. The molecule has 2 N–H and O–H groups in total. The Bertz CT molecular complexity index is 378. The zero-order chi connectivity index (χ0) is 14.0. The first-order chi connectivity index (χ1) is 9.73. The summed E-state index contributed by atoms with van der Waals surface area (Å²) in [5.74, 6) is 0.386. The molecule has 1 aliphatic heterocycles. The summed E-state index contributed by atoms with van der Waals surface area (Å²) in [5.41, 5.74) is 5.69. The molecule has 1 heterocycles. The number of fused-ring (bicyclic) bond motifs is 1. The maximum absolute atomic E-state index is 9.31. The van der Waals surface area contributed by atoms with Crippen LogP contribution in [-0.4, -0.2) is 42.3 Å². The van der Waals surface area contributed by atoms with Gasteiger partial charge in [0.05, 0.1) is 18.8 Å². The number of nitriles is 1. The first-order valence-electron chi connectivity index (χ1n) is 8.29. The maximum atomic E-state index is 9.31. The summed E-state index contributed by atoms with van der Waals surface area (Å²) in [4.78, 5) is 2.61. The quantitative estimate of drug-likeness (QED) is 0.857. The Labute approximate surface area is 122 Å². The van der Waals surface area contributed by atoms with Gasteiger partial charge in [0.1, 0.15) is 5.54 Å². The lowest BCUT2D eigenvalue weighted by Gasteiger charge is -2.44. The summed E-state index contributed by atoms with van der Waals surface area (Å²) < 4.78 is 5.93. The first-order valence-corrected chi connectivity index (χ1v) is 8.29. The van der Waals surface area contributed by atoms with Gasteiger partial charge >= 0.3 is 0 Å². The van der Waals surface area contributed by atoms with Crippen LogP contribution in [-0.2, 0) is 4.74 Å². The van der Waals surface area contributed by atoms with E-state index in [1.165, 1.54) is 25.7 Å². The molecule has 0 aromatic rings. The van der Waals surface area contributed by atoms with Gasteiger partial charge in [0.2, 0.25) is 0 Å². The number of hydrogen-bond donors (Lipinski definition) is 1. The van der Waals surface area contributed by atoms with E-state index in [-0.39, 0.29) is 0 Å². The fraction of sp³-hybridized carbons (Fsp3) is 0.938. The molecule has 4 nitrogen and oxygen atoms in total. The van der Waals surface area contributed by atoms with Gasteiger partial charge in [-0.15, -0.1) is 0 Å². The van der Waals surface area contributed by atoms with Crippen molar-refractivity contribution in [3.05, 3.63) is 0 Å². The van der Waals surface area contributed by atoms with Crippen LogP contribution < -0.4 is 5.73 Å². The van der Waals surface area contributed by atoms with Crippen LogP contribution in [0.4, 0.5) is 0 Å². The van der Waals surface area contributed by atoms with Gasteiger partial charge < -0.3 is 10.5 Å². The second-order valence-electron chi connectivity index (χ2n) is 6.83. The Kier molecular flexibility index (Phi) is 4.30. The van der Waals surface area contributed by atoms with E-state index in [0.29, 0.717) is 18.1 Å². The zero-order valence-electron chi connectivity index (χ0n) is 12.4. The van der Waals surface area contributed by atoms with E-state index in [4.69, 9.17) is 10.5 Å². The lowest BCUT2D eigenvalue weighted by atomic mass is 9.85. The number of morpholine rings is 1. The standard InChI is InChI=1S/C16H27N3O/c17-12-16(18)8-3-4-13(16)7-9-19-10-11-20-15-6-2-1-5-14(15)19/h13-15H,1-11,18H2. The van der Waals surface area contributed by atoms with Gasteiger partial charge in [-0.25, -0.2) is 0 Å². The van der Waals surface area contributed by atoms with Gasteiger partial charge in [-0.05, 0) is 44.6 Å². The third-order valence-corrected chi connectivity index (χ3v) is 5.69. The van der Waals surface area contributed by atoms with Crippen LogP contribution in [0, 0.1) is 17.2 Å². The molecular weight excluding hydrogens is 250 g/mol. The molecule has 112 valence electrons. The highest BCUT2D eigenvalue weighted by molar-refractivity contribution is 5.12. The van der Waals surface area contributed by atoms with Crippen molar-refractivity contribution in [1.82, 2.24) is 4.90 Å².